The topological polar surface area (TPSA) is 67.1 Å². The third-order valence-electron chi connectivity index (χ3n) is 3.77. The van der Waals surface area contributed by atoms with Gasteiger partial charge in [-0.1, -0.05) is 5.16 Å². The molecule has 112 valence electrons. The Kier molecular flexibility index (Phi) is 4.15. The van der Waals surface area contributed by atoms with E-state index in [4.69, 9.17) is 4.52 Å². The second kappa shape index (κ2) is 6.22. The van der Waals surface area contributed by atoms with Crippen molar-refractivity contribution < 1.29 is 4.52 Å². The fraction of sp³-hybridized carbons (Fsp3) is 0.533. The van der Waals surface area contributed by atoms with Gasteiger partial charge in [-0.2, -0.15) is 5.10 Å². The van der Waals surface area contributed by atoms with E-state index < -0.39 is 0 Å². The number of nitrogens with zero attached hydrogens (tertiary/aromatic N) is 4. The molecule has 1 saturated heterocycles. The minimum absolute atomic E-state index is 0.437. The fourth-order valence-electron chi connectivity index (χ4n) is 2.66. The van der Waals surface area contributed by atoms with Crippen molar-refractivity contribution in [2.75, 3.05) is 18.0 Å². The summed E-state index contributed by atoms with van der Waals surface area (Å²) in [4.78, 5) is 2.29. The summed E-state index contributed by atoms with van der Waals surface area (Å²) >= 11 is 0. The zero-order valence-electron chi connectivity index (χ0n) is 12.5. The van der Waals surface area contributed by atoms with Crippen LogP contribution in [-0.4, -0.2) is 34.5 Å². The van der Waals surface area contributed by atoms with Crippen LogP contribution < -0.4 is 10.2 Å². The fourth-order valence-corrected chi connectivity index (χ4v) is 2.66. The number of aryl methyl sites for hydroxylation is 2. The summed E-state index contributed by atoms with van der Waals surface area (Å²) in [6.45, 7) is 6.60. The Hall–Kier alpha value is -1.95. The number of aromatic nitrogens is 3. The first kappa shape index (κ1) is 14.0. The summed E-state index contributed by atoms with van der Waals surface area (Å²) in [6, 6.07) is 6.47. The average Bonchev–Trinajstić information content (AvgIpc) is 2.92. The van der Waals surface area contributed by atoms with Crippen LogP contribution in [0.5, 0.6) is 0 Å². The van der Waals surface area contributed by atoms with E-state index in [2.05, 4.69) is 25.6 Å². The smallest absolute Gasteiger partial charge is 0.151 e. The first-order chi connectivity index (χ1) is 10.2. The van der Waals surface area contributed by atoms with Gasteiger partial charge in [0.15, 0.2) is 11.6 Å². The molecule has 21 heavy (non-hydrogen) atoms. The molecule has 0 aliphatic carbocycles. The van der Waals surface area contributed by atoms with Crippen molar-refractivity contribution in [3.63, 3.8) is 0 Å². The molecule has 0 saturated carbocycles. The molecule has 1 fully saturated rings. The molecule has 1 unspecified atom stereocenters. The lowest BCUT2D eigenvalue weighted by atomic mass is 10.1. The molecule has 0 spiro atoms. The maximum absolute atomic E-state index is 5.23. The van der Waals surface area contributed by atoms with Crippen LogP contribution in [0, 0.1) is 13.8 Å². The van der Waals surface area contributed by atoms with Crippen molar-refractivity contribution in [1.82, 2.24) is 20.7 Å². The molecule has 2 aromatic rings. The number of nitrogens with one attached hydrogen (secondary N) is 1. The standard InChI is InChI=1S/C15H21N5O/c1-11-5-6-15(18-17-11)20-7-3-4-13(10-20)16-9-14-8-12(2)19-21-14/h5-6,8,13,16H,3-4,7,9-10H2,1-2H3. The van der Waals surface area contributed by atoms with Gasteiger partial charge >= 0.3 is 0 Å². The van der Waals surface area contributed by atoms with Crippen LogP contribution in [-0.2, 0) is 6.54 Å². The van der Waals surface area contributed by atoms with Gasteiger partial charge in [-0.05, 0) is 38.8 Å². The summed E-state index contributed by atoms with van der Waals surface area (Å²) in [5, 5.41) is 15.9. The summed E-state index contributed by atoms with van der Waals surface area (Å²) in [6.07, 6.45) is 2.32. The lowest BCUT2D eigenvalue weighted by Crippen LogP contribution is -2.45. The molecule has 1 N–H and O–H groups in total. The lowest BCUT2D eigenvalue weighted by molar-refractivity contribution is 0.347. The summed E-state index contributed by atoms with van der Waals surface area (Å²) in [7, 11) is 0. The largest absolute Gasteiger partial charge is 0.360 e. The van der Waals surface area contributed by atoms with Crippen molar-refractivity contribution >= 4 is 5.82 Å². The Morgan fingerprint density at radius 3 is 2.90 bits per heavy atom. The Labute approximate surface area is 124 Å². The molecule has 1 aliphatic rings. The molecular formula is C15H21N5O. The van der Waals surface area contributed by atoms with Crippen LogP contribution >= 0.6 is 0 Å². The second-order valence-electron chi connectivity index (χ2n) is 5.63. The van der Waals surface area contributed by atoms with Gasteiger partial charge in [0, 0.05) is 25.2 Å². The molecule has 3 rings (SSSR count). The van der Waals surface area contributed by atoms with Gasteiger partial charge in [0.1, 0.15) is 0 Å². The molecule has 3 heterocycles. The van der Waals surface area contributed by atoms with E-state index in [1.54, 1.807) is 0 Å². The van der Waals surface area contributed by atoms with E-state index in [1.807, 2.05) is 32.0 Å². The van der Waals surface area contributed by atoms with E-state index in [9.17, 15) is 0 Å². The minimum atomic E-state index is 0.437. The molecule has 1 aliphatic heterocycles. The van der Waals surface area contributed by atoms with Crippen molar-refractivity contribution in [3.05, 3.63) is 35.3 Å². The van der Waals surface area contributed by atoms with Crippen LogP contribution in [0.25, 0.3) is 0 Å². The molecule has 1 atom stereocenters. The Bertz CT molecular complexity index is 580. The summed E-state index contributed by atoms with van der Waals surface area (Å²) in [5.74, 6) is 1.85. The zero-order chi connectivity index (χ0) is 14.7. The monoisotopic (exact) mass is 287 g/mol. The first-order valence-electron chi connectivity index (χ1n) is 7.41. The van der Waals surface area contributed by atoms with Crippen LogP contribution in [0.2, 0.25) is 0 Å². The maximum atomic E-state index is 5.23. The molecule has 2 aromatic heterocycles. The molecule has 0 amide bonds. The number of hydrogen-bond donors (Lipinski definition) is 1. The second-order valence-corrected chi connectivity index (χ2v) is 5.63. The molecule has 6 nitrogen and oxygen atoms in total. The van der Waals surface area contributed by atoms with Crippen molar-refractivity contribution in [2.24, 2.45) is 0 Å². The minimum Gasteiger partial charge on any atom is -0.360 e. The molecule has 0 bridgehead atoms. The van der Waals surface area contributed by atoms with Gasteiger partial charge in [0.25, 0.3) is 0 Å². The van der Waals surface area contributed by atoms with Crippen molar-refractivity contribution in [1.29, 1.82) is 0 Å². The maximum Gasteiger partial charge on any atom is 0.151 e. The molecule has 0 radical (unpaired) electrons. The summed E-state index contributed by atoms with van der Waals surface area (Å²) < 4.78 is 5.23. The van der Waals surface area contributed by atoms with Crippen LogP contribution in [0.4, 0.5) is 5.82 Å². The third-order valence-corrected chi connectivity index (χ3v) is 3.77. The van der Waals surface area contributed by atoms with Gasteiger partial charge in [0.05, 0.1) is 17.9 Å². The molecule has 0 aromatic carbocycles. The Morgan fingerprint density at radius 2 is 2.19 bits per heavy atom. The number of anilines is 1. The van der Waals surface area contributed by atoms with Gasteiger partial charge in [-0.25, -0.2) is 0 Å². The normalized spacial score (nSPS) is 19.0. The van der Waals surface area contributed by atoms with Gasteiger partial charge in [-0.3, -0.25) is 0 Å². The number of piperidine rings is 1. The van der Waals surface area contributed by atoms with Crippen LogP contribution in [0.1, 0.15) is 30.0 Å². The number of rotatable bonds is 4. The van der Waals surface area contributed by atoms with E-state index in [1.165, 1.54) is 6.42 Å². The van der Waals surface area contributed by atoms with E-state index in [0.29, 0.717) is 6.04 Å². The molecule has 6 heteroatoms. The predicted molar refractivity (Wildman–Crippen MR) is 80.1 cm³/mol. The van der Waals surface area contributed by atoms with Gasteiger partial charge in [0.2, 0.25) is 0 Å². The van der Waals surface area contributed by atoms with E-state index in [0.717, 1.165) is 49.0 Å². The van der Waals surface area contributed by atoms with E-state index >= 15 is 0 Å². The zero-order valence-corrected chi connectivity index (χ0v) is 12.5. The highest BCUT2D eigenvalue weighted by Gasteiger charge is 2.21. The first-order valence-corrected chi connectivity index (χ1v) is 7.41. The highest BCUT2D eigenvalue weighted by atomic mass is 16.5. The van der Waals surface area contributed by atoms with E-state index in [-0.39, 0.29) is 0 Å². The number of hydrogen-bond acceptors (Lipinski definition) is 6. The quantitative estimate of drug-likeness (QED) is 0.925. The highest BCUT2D eigenvalue weighted by Crippen LogP contribution is 2.17. The lowest BCUT2D eigenvalue weighted by Gasteiger charge is -2.33. The average molecular weight is 287 g/mol. The SMILES string of the molecule is Cc1ccc(N2CCCC(NCc3cc(C)no3)C2)nn1. The Morgan fingerprint density at radius 1 is 1.29 bits per heavy atom. The predicted octanol–water partition coefficient (Wildman–Crippen LogP) is 1.84. The third kappa shape index (κ3) is 3.58. The van der Waals surface area contributed by atoms with Gasteiger partial charge < -0.3 is 14.7 Å². The molecular weight excluding hydrogens is 266 g/mol. The van der Waals surface area contributed by atoms with Crippen molar-refractivity contribution in [2.45, 2.75) is 39.3 Å². The highest BCUT2D eigenvalue weighted by molar-refractivity contribution is 5.38. The Balaban J connectivity index is 1.56. The van der Waals surface area contributed by atoms with Crippen LogP contribution in [0.3, 0.4) is 0 Å². The van der Waals surface area contributed by atoms with Crippen LogP contribution in [0.15, 0.2) is 22.7 Å². The summed E-state index contributed by atoms with van der Waals surface area (Å²) in [5.41, 5.74) is 1.87. The van der Waals surface area contributed by atoms with Crippen molar-refractivity contribution in [3.8, 4) is 0 Å². The van der Waals surface area contributed by atoms with Gasteiger partial charge in [-0.15, -0.1) is 5.10 Å².